The molecule has 0 unspecified atom stereocenters. The maximum absolute atomic E-state index is 12.4. The lowest BCUT2D eigenvalue weighted by Gasteiger charge is -2.07. The Labute approximate surface area is 87.8 Å². The standard InChI is InChI=1S/C7H4Cl2F2N2O/c8-3-1-2(7(12)14)4(6(10)11)5(9)13-3/h1,6H,(H2,12,14). The first-order valence-corrected chi connectivity index (χ1v) is 4.13. The topological polar surface area (TPSA) is 56.0 Å². The predicted octanol–water partition coefficient (Wildman–Crippen LogP) is 2.42. The SMILES string of the molecule is NC(=O)c1cc(Cl)nc(Cl)c1C(F)F. The van der Waals surface area contributed by atoms with Gasteiger partial charge in [0.1, 0.15) is 10.3 Å². The lowest BCUT2D eigenvalue weighted by Crippen LogP contribution is -2.15. The molecule has 1 rings (SSSR count). The van der Waals surface area contributed by atoms with Crippen LogP contribution in [0.4, 0.5) is 8.78 Å². The van der Waals surface area contributed by atoms with Crippen LogP contribution in [0.15, 0.2) is 6.07 Å². The lowest BCUT2D eigenvalue weighted by atomic mass is 10.1. The first-order chi connectivity index (χ1) is 6.43. The van der Waals surface area contributed by atoms with Gasteiger partial charge in [0.05, 0.1) is 11.1 Å². The van der Waals surface area contributed by atoms with Crippen molar-refractivity contribution in [1.29, 1.82) is 0 Å². The van der Waals surface area contributed by atoms with Crippen LogP contribution in [0.25, 0.3) is 0 Å². The maximum Gasteiger partial charge on any atom is 0.267 e. The summed E-state index contributed by atoms with van der Waals surface area (Å²) in [5, 5.41) is -0.672. The lowest BCUT2D eigenvalue weighted by molar-refractivity contribution is 0.0986. The minimum atomic E-state index is -2.92. The molecule has 1 heterocycles. The fourth-order valence-electron chi connectivity index (χ4n) is 0.906. The van der Waals surface area contributed by atoms with Crippen LogP contribution in [0.2, 0.25) is 10.3 Å². The largest absolute Gasteiger partial charge is 0.366 e. The Bertz CT molecular complexity index is 384. The van der Waals surface area contributed by atoms with Gasteiger partial charge in [-0.25, -0.2) is 13.8 Å². The minimum absolute atomic E-state index is 0.159. The number of rotatable bonds is 2. The summed E-state index contributed by atoms with van der Waals surface area (Å²) in [6.07, 6.45) is -2.92. The minimum Gasteiger partial charge on any atom is -0.366 e. The second-order valence-electron chi connectivity index (χ2n) is 2.36. The summed E-state index contributed by atoms with van der Waals surface area (Å²) in [5.41, 5.74) is 3.77. The number of aromatic nitrogens is 1. The summed E-state index contributed by atoms with van der Waals surface area (Å²) < 4.78 is 24.8. The first kappa shape index (κ1) is 11.1. The second kappa shape index (κ2) is 4.06. The van der Waals surface area contributed by atoms with Crippen molar-refractivity contribution >= 4 is 29.1 Å². The monoisotopic (exact) mass is 240 g/mol. The van der Waals surface area contributed by atoms with Crippen LogP contribution in [-0.2, 0) is 0 Å². The molecule has 2 N–H and O–H groups in total. The number of carbonyl (C=O) groups excluding carboxylic acids is 1. The highest BCUT2D eigenvalue weighted by Crippen LogP contribution is 2.30. The molecular formula is C7H4Cl2F2N2O. The molecule has 1 aromatic rings. The summed E-state index contributed by atoms with van der Waals surface area (Å²) in [4.78, 5) is 14.2. The molecule has 1 amide bonds. The van der Waals surface area contributed by atoms with E-state index < -0.39 is 28.6 Å². The molecule has 0 aliphatic rings. The van der Waals surface area contributed by atoms with E-state index in [9.17, 15) is 13.6 Å². The number of pyridine rings is 1. The van der Waals surface area contributed by atoms with Gasteiger partial charge in [0, 0.05) is 0 Å². The molecule has 0 saturated carbocycles. The van der Waals surface area contributed by atoms with Gasteiger partial charge in [0.2, 0.25) is 5.91 Å². The molecule has 1 aromatic heterocycles. The van der Waals surface area contributed by atoms with E-state index >= 15 is 0 Å². The highest BCUT2D eigenvalue weighted by molar-refractivity contribution is 6.33. The number of primary amides is 1. The quantitative estimate of drug-likeness (QED) is 0.808. The number of carbonyl (C=O) groups is 1. The molecule has 0 aliphatic carbocycles. The molecule has 0 radical (unpaired) electrons. The Morgan fingerprint density at radius 1 is 1.50 bits per heavy atom. The summed E-state index contributed by atoms with van der Waals surface area (Å²) >= 11 is 10.8. The van der Waals surface area contributed by atoms with E-state index in [0.29, 0.717) is 0 Å². The summed E-state index contributed by atoms with van der Waals surface area (Å²) in [6, 6.07) is 0.956. The van der Waals surface area contributed by atoms with E-state index in [2.05, 4.69) is 4.98 Å². The van der Waals surface area contributed by atoms with E-state index in [1.165, 1.54) is 0 Å². The first-order valence-electron chi connectivity index (χ1n) is 3.37. The van der Waals surface area contributed by atoms with Crippen LogP contribution in [0.3, 0.4) is 0 Å². The Balaban J connectivity index is 3.44. The molecule has 0 spiro atoms. The summed E-state index contributed by atoms with van der Waals surface area (Å²) in [5.74, 6) is -1.02. The van der Waals surface area contributed by atoms with Crippen molar-refractivity contribution in [1.82, 2.24) is 4.98 Å². The molecule has 7 heteroatoms. The smallest absolute Gasteiger partial charge is 0.267 e. The van der Waals surface area contributed by atoms with Crippen LogP contribution >= 0.6 is 23.2 Å². The van der Waals surface area contributed by atoms with Gasteiger partial charge in [0.25, 0.3) is 6.43 Å². The van der Waals surface area contributed by atoms with Crippen LogP contribution < -0.4 is 5.73 Å². The number of nitrogens with two attached hydrogens (primary N) is 1. The fraction of sp³-hybridized carbons (Fsp3) is 0.143. The van der Waals surface area contributed by atoms with Crippen molar-refractivity contribution in [3.05, 3.63) is 27.5 Å². The van der Waals surface area contributed by atoms with Crippen molar-refractivity contribution in [2.24, 2.45) is 5.73 Å². The zero-order valence-corrected chi connectivity index (χ0v) is 8.11. The number of halogens is 4. The Kier molecular flexibility index (Phi) is 3.23. The number of nitrogens with zero attached hydrogens (tertiary/aromatic N) is 1. The van der Waals surface area contributed by atoms with Crippen LogP contribution in [0, 0.1) is 0 Å². The van der Waals surface area contributed by atoms with Crippen molar-refractivity contribution < 1.29 is 13.6 Å². The van der Waals surface area contributed by atoms with Crippen molar-refractivity contribution in [3.63, 3.8) is 0 Å². The van der Waals surface area contributed by atoms with Gasteiger partial charge in [-0.15, -0.1) is 0 Å². The van der Waals surface area contributed by atoms with Crippen molar-refractivity contribution in [2.75, 3.05) is 0 Å². The molecule has 0 aliphatic heterocycles. The molecule has 0 atom stereocenters. The summed E-state index contributed by atoms with van der Waals surface area (Å²) in [7, 11) is 0. The van der Waals surface area contributed by atoms with Gasteiger partial charge < -0.3 is 5.73 Å². The van der Waals surface area contributed by atoms with Gasteiger partial charge in [-0.3, -0.25) is 4.79 Å². The Morgan fingerprint density at radius 2 is 2.07 bits per heavy atom. The number of hydrogen-bond donors (Lipinski definition) is 1. The average molecular weight is 241 g/mol. The second-order valence-corrected chi connectivity index (χ2v) is 3.11. The molecule has 3 nitrogen and oxygen atoms in total. The molecule has 76 valence electrons. The van der Waals surface area contributed by atoms with Gasteiger partial charge in [0.15, 0.2) is 0 Å². The zero-order chi connectivity index (χ0) is 10.9. The molecular weight excluding hydrogens is 237 g/mol. The Hall–Kier alpha value is -0.940. The van der Waals surface area contributed by atoms with Crippen molar-refractivity contribution in [3.8, 4) is 0 Å². The zero-order valence-electron chi connectivity index (χ0n) is 6.60. The molecule has 0 bridgehead atoms. The van der Waals surface area contributed by atoms with Gasteiger partial charge in [-0.05, 0) is 6.07 Å². The fourth-order valence-corrected chi connectivity index (χ4v) is 1.42. The van der Waals surface area contributed by atoms with Crippen molar-refractivity contribution in [2.45, 2.75) is 6.43 Å². The van der Waals surface area contributed by atoms with Gasteiger partial charge >= 0.3 is 0 Å². The number of amides is 1. The number of alkyl halides is 2. The molecule has 14 heavy (non-hydrogen) atoms. The third-order valence-electron chi connectivity index (χ3n) is 1.46. The van der Waals surface area contributed by atoms with Crippen LogP contribution in [0.1, 0.15) is 22.3 Å². The Morgan fingerprint density at radius 3 is 2.50 bits per heavy atom. The highest BCUT2D eigenvalue weighted by Gasteiger charge is 2.22. The molecule has 0 fully saturated rings. The van der Waals surface area contributed by atoms with E-state index in [1.54, 1.807) is 0 Å². The molecule has 0 saturated heterocycles. The van der Waals surface area contributed by atoms with Crippen LogP contribution in [-0.4, -0.2) is 10.9 Å². The van der Waals surface area contributed by atoms with Crippen LogP contribution in [0.5, 0.6) is 0 Å². The third kappa shape index (κ3) is 2.10. The van der Waals surface area contributed by atoms with Gasteiger partial charge in [-0.2, -0.15) is 0 Å². The van der Waals surface area contributed by atoms with E-state index in [4.69, 9.17) is 28.9 Å². The third-order valence-corrected chi connectivity index (χ3v) is 1.95. The normalized spacial score (nSPS) is 10.6. The summed E-state index contributed by atoms with van der Waals surface area (Å²) in [6.45, 7) is 0. The average Bonchev–Trinajstić information content (AvgIpc) is 2.01. The van der Waals surface area contributed by atoms with E-state index in [-0.39, 0.29) is 5.15 Å². The van der Waals surface area contributed by atoms with E-state index in [1.807, 2.05) is 0 Å². The predicted molar refractivity (Wildman–Crippen MR) is 47.7 cm³/mol. The maximum atomic E-state index is 12.4. The number of hydrogen-bond acceptors (Lipinski definition) is 2. The van der Waals surface area contributed by atoms with E-state index in [0.717, 1.165) is 6.07 Å². The molecule has 0 aromatic carbocycles. The van der Waals surface area contributed by atoms with Gasteiger partial charge in [-0.1, -0.05) is 23.2 Å². The highest BCUT2D eigenvalue weighted by atomic mass is 35.5.